The van der Waals surface area contributed by atoms with Gasteiger partial charge in [0.1, 0.15) is 5.69 Å². The van der Waals surface area contributed by atoms with E-state index in [1.54, 1.807) is 6.20 Å². The van der Waals surface area contributed by atoms with Crippen LogP contribution in [0.25, 0.3) is 0 Å². The average Bonchev–Trinajstić information content (AvgIpc) is 3.02. The SMILES string of the molecule is CC1Cc2ccccc2N1c1ccnc(C(=O)NCc2ccccc2)c1. The summed E-state index contributed by atoms with van der Waals surface area (Å²) in [6.07, 6.45) is 2.72. The Morgan fingerprint density at radius 3 is 2.73 bits per heavy atom. The van der Waals surface area contributed by atoms with Gasteiger partial charge in [-0.05, 0) is 42.7 Å². The summed E-state index contributed by atoms with van der Waals surface area (Å²) < 4.78 is 0. The molecule has 1 atom stereocenters. The molecule has 0 aliphatic carbocycles. The molecular weight excluding hydrogens is 322 g/mol. The van der Waals surface area contributed by atoms with Gasteiger partial charge in [-0.1, -0.05) is 48.5 Å². The molecule has 4 heteroatoms. The van der Waals surface area contributed by atoms with E-state index in [0.29, 0.717) is 18.3 Å². The standard InChI is InChI=1S/C22H21N3O/c1-16-13-18-9-5-6-10-21(18)25(16)19-11-12-23-20(14-19)22(26)24-15-17-7-3-2-4-8-17/h2-12,14,16H,13,15H2,1H3,(H,24,26). The van der Waals surface area contributed by atoms with Crippen LogP contribution < -0.4 is 10.2 Å². The number of nitrogens with one attached hydrogen (secondary N) is 1. The van der Waals surface area contributed by atoms with Crippen molar-refractivity contribution in [1.29, 1.82) is 0 Å². The number of hydrogen-bond acceptors (Lipinski definition) is 3. The fraction of sp³-hybridized carbons (Fsp3) is 0.182. The maximum absolute atomic E-state index is 12.5. The van der Waals surface area contributed by atoms with Crippen molar-refractivity contribution in [1.82, 2.24) is 10.3 Å². The second kappa shape index (κ2) is 7.00. The number of aromatic nitrogens is 1. The van der Waals surface area contributed by atoms with Crippen molar-refractivity contribution in [3.63, 3.8) is 0 Å². The van der Waals surface area contributed by atoms with Crippen LogP contribution in [0.4, 0.5) is 11.4 Å². The number of fused-ring (bicyclic) bond motifs is 1. The van der Waals surface area contributed by atoms with Crippen LogP contribution in [-0.4, -0.2) is 16.9 Å². The normalized spacial score (nSPS) is 15.6. The van der Waals surface area contributed by atoms with Crippen LogP contribution in [0.1, 0.15) is 28.5 Å². The van der Waals surface area contributed by atoms with Gasteiger partial charge in [0.25, 0.3) is 5.91 Å². The molecule has 1 aliphatic heterocycles. The molecule has 0 fully saturated rings. The molecule has 2 aromatic carbocycles. The minimum Gasteiger partial charge on any atom is -0.347 e. The van der Waals surface area contributed by atoms with E-state index in [9.17, 15) is 4.79 Å². The van der Waals surface area contributed by atoms with E-state index in [2.05, 4.69) is 46.4 Å². The zero-order chi connectivity index (χ0) is 17.9. The first-order valence-corrected chi connectivity index (χ1v) is 8.87. The van der Waals surface area contributed by atoms with Crippen LogP contribution >= 0.6 is 0 Å². The number of anilines is 2. The summed E-state index contributed by atoms with van der Waals surface area (Å²) in [6.45, 7) is 2.70. The minimum absolute atomic E-state index is 0.157. The maximum atomic E-state index is 12.5. The fourth-order valence-corrected chi connectivity index (χ4v) is 3.52. The molecule has 4 nitrogen and oxygen atoms in total. The van der Waals surface area contributed by atoms with Crippen LogP contribution in [0.15, 0.2) is 72.9 Å². The van der Waals surface area contributed by atoms with E-state index in [1.807, 2.05) is 42.5 Å². The van der Waals surface area contributed by atoms with Gasteiger partial charge in [-0.15, -0.1) is 0 Å². The van der Waals surface area contributed by atoms with E-state index in [-0.39, 0.29) is 5.91 Å². The van der Waals surface area contributed by atoms with E-state index in [1.165, 1.54) is 11.3 Å². The topological polar surface area (TPSA) is 45.2 Å². The summed E-state index contributed by atoms with van der Waals surface area (Å²) in [5, 5.41) is 2.94. The second-order valence-electron chi connectivity index (χ2n) is 6.62. The number of amides is 1. The minimum atomic E-state index is -0.157. The van der Waals surface area contributed by atoms with Gasteiger partial charge in [-0.25, -0.2) is 0 Å². The van der Waals surface area contributed by atoms with Gasteiger partial charge >= 0.3 is 0 Å². The van der Waals surface area contributed by atoms with Gasteiger partial charge in [0.05, 0.1) is 0 Å². The molecule has 1 amide bonds. The van der Waals surface area contributed by atoms with Crippen LogP contribution in [0.5, 0.6) is 0 Å². The van der Waals surface area contributed by atoms with Crippen LogP contribution in [-0.2, 0) is 13.0 Å². The van der Waals surface area contributed by atoms with Crippen molar-refractivity contribution in [3.05, 3.63) is 89.7 Å². The monoisotopic (exact) mass is 343 g/mol. The predicted molar refractivity (Wildman–Crippen MR) is 104 cm³/mol. The van der Waals surface area contributed by atoms with Crippen molar-refractivity contribution in [2.45, 2.75) is 25.9 Å². The Balaban J connectivity index is 1.54. The molecule has 1 N–H and O–H groups in total. The van der Waals surface area contributed by atoms with E-state index in [0.717, 1.165) is 17.7 Å². The Bertz CT molecular complexity index is 923. The lowest BCUT2D eigenvalue weighted by molar-refractivity contribution is 0.0946. The highest BCUT2D eigenvalue weighted by atomic mass is 16.1. The first-order chi connectivity index (χ1) is 12.7. The van der Waals surface area contributed by atoms with Crippen molar-refractivity contribution in [2.75, 3.05) is 4.90 Å². The lowest BCUT2D eigenvalue weighted by atomic mass is 10.1. The third-order valence-corrected chi connectivity index (χ3v) is 4.76. The summed E-state index contributed by atoms with van der Waals surface area (Å²) >= 11 is 0. The van der Waals surface area contributed by atoms with Crippen molar-refractivity contribution < 1.29 is 4.79 Å². The molecule has 1 unspecified atom stereocenters. The fourth-order valence-electron chi connectivity index (χ4n) is 3.52. The number of nitrogens with zero attached hydrogens (tertiary/aromatic N) is 2. The van der Waals surface area contributed by atoms with Crippen molar-refractivity contribution >= 4 is 17.3 Å². The molecule has 2 heterocycles. The Hall–Kier alpha value is -3.14. The number of rotatable bonds is 4. The van der Waals surface area contributed by atoms with E-state index in [4.69, 9.17) is 0 Å². The van der Waals surface area contributed by atoms with Gasteiger partial charge in [-0.2, -0.15) is 0 Å². The molecule has 4 rings (SSSR count). The number of carbonyl (C=O) groups is 1. The lowest BCUT2D eigenvalue weighted by Crippen LogP contribution is -2.26. The molecule has 0 spiro atoms. The summed E-state index contributed by atoms with van der Waals surface area (Å²) in [4.78, 5) is 19.1. The number of pyridine rings is 1. The zero-order valence-electron chi connectivity index (χ0n) is 14.7. The first kappa shape index (κ1) is 16.3. The van der Waals surface area contributed by atoms with Gasteiger partial charge in [0, 0.05) is 30.2 Å². The average molecular weight is 343 g/mol. The summed E-state index contributed by atoms with van der Waals surface area (Å²) in [7, 11) is 0. The Morgan fingerprint density at radius 1 is 1.12 bits per heavy atom. The molecule has 3 aromatic rings. The third kappa shape index (κ3) is 3.18. The smallest absolute Gasteiger partial charge is 0.270 e. The maximum Gasteiger partial charge on any atom is 0.270 e. The molecule has 130 valence electrons. The molecule has 26 heavy (non-hydrogen) atoms. The molecule has 0 saturated carbocycles. The summed E-state index contributed by atoms with van der Waals surface area (Å²) in [5.41, 5.74) is 5.06. The Kier molecular flexibility index (Phi) is 4.40. The van der Waals surface area contributed by atoms with Gasteiger partial charge in [0.15, 0.2) is 0 Å². The molecular formula is C22H21N3O. The van der Waals surface area contributed by atoms with Gasteiger partial charge < -0.3 is 10.2 Å². The van der Waals surface area contributed by atoms with Crippen LogP contribution in [0.3, 0.4) is 0 Å². The molecule has 1 aliphatic rings. The van der Waals surface area contributed by atoms with Gasteiger partial charge in [0.2, 0.25) is 0 Å². The quantitative estimate of drug-likeness (QED) is 0.776. The third-order valence-electron chi connectivity index (χ3n) is 4.76. The van der Waals surface area contributed by atoms with Crippen LogP contribution in [0.2, 0.25) is 0 Å². The number of carbonyl (C=O) groups excluding carboxylic acids is 1. The number of hydrogen-bond donors (Lipinski definition) is 1. The highest BCUT2D eigenvalue weighted by Gasteiger charge is 2.27. The second-order valence-corrected chi connectivity index (χ2v) is 6.62. The highest BCUT2D eigenvalue weighted by Crippen LogP contribution is 2.37. The molecule has 1 aromatic heterocycles. The van der Waals surface area contributed by atoms with Gasteiger partial charge in [-0.3, -0.25) is 9.78 Å². The largest absolute Gasteiger partial charge is 0.347 e. The predicted octanol–water partition coefficient (Wildman–Crippen LogP) is 4.09. The number of para-hydroxylation sites is 1. The summed E-state index contributed by atoms with van der Waals surface area (Å²) in [6, 6.07) is 22.5. The van der Waals surface area contributed by atoms with E-state index >= 15 is 0 Å². The molecule has 0 radical (unpaired) electrons. The first-order valence-electron chi connectivity index (χ1n) is 8.87. The number of benzene rings is 2. The van der Waals surface area contributed by atoms with Crippen molar-refractivity contribution in [2.24, 2.45) is 0 Å². The highest BCUT2D eigenvalue weighted by molar-refractivity contribution is 5.93. The van der Waals surface area contributed by atoms with E-state index < -0.39 is 0 Å². The lowest BCUT2D eigenvalue weighted by Gasteiger charge is -2.25. The Morgan fingerprint density at radius 2 is 1.88 bits per heavy atom. The Labute approximate surface area is 153 Å². The van der Waals surface area contributed by atoms with Crippen LogP contribution in [0, 0.1) is 0 Å². The summed E-state index contributed by atoms with van der Waals surface area (Å²) in [5.74, 6) is -0.157. The van der Waals surface area contributed by atoms with Crippen molar-refractivity contribution in [3.8, 4) is 0 Å². The molecule has 0 bridgehead atoms. The molecule has 0 saturated heterocycles. The zero-order valence-corrected chi connectivity index (χ0v) is 14.7.